The lowest BCUT2D eigenvalue weighted by atomic mass is 9.97. The van der Waals surface area contributed by atoms with Crippen LogP contribution in [0.25, 0.3) is 10.8 Å². The third kappa shape index (κ3) is 3.56. The van der Waals surface area contributed by atoms with Crippen molar-refractivity contribution >= 4 is 17.2 Å². The van der Waals surface area contributed by atoms with Gasteiger partial charge in [0.2, 0.25) is 0 Å². The summed E-state index contributed by atoms with van der Waals surface area (Å²) >= 11 is 1.30. The van der Waals surface area contributed by atoms with Crippen molar-refractivity contribution in [2.45, 2.75) is 46.1 Å². The van der Waals surface area contributed by atoms with Gasteiger partial charge in [-0.3, -0.25) is 4.79 Å². The first-order valence-electron chi connectivity index (χ1n) is 7.43. The van der Waals surface area contributed by atoms with Crippen LogP contribution in [-0.2, 0) is 0 Å². The number of hydrogen-bond donors (Lipinski definition) is 2. The van der Waals surface area contributed by atoms with E-state index < -0.39 is 5.60 Å². The molecule has 0 aliphatic rings. The average Bonchev–Trinajstić information content (AvgIpc) is 3.10. The molecular weight excluding hydrogens is 300 g/mol. The molecular formula is C16H22N2O3S. The Kier molecular flexibility index (Phi) is 5.03. The number of furan rings is 1. The van der Waals surface area contributed by atoms with E-state index in [0.717, 1.165) is 5.76 Å². The van der Waals surface area contributed by atoms with Crippen molar-refractivity contribution in [2.75, 3.05) is 6.54 Å². The van der Waals surface area contributed by atoms with E-state index in [4.69, 9.17) is 4.42 Å². The van der Waals surface area contributed by atoms with Crippen molar-refractivity contribution in [3.05, 3.63) is 28.5 Å². The number of rotatable bonds is 6. The zero-order valence-electron chi connectivity index (χ0n) is 13.4. The number of carbonyl (C=O) groups excluding carboxylic acids is 1. The van der Waals surface area contributed by atoms with E-state index in [2.05, 4.69) is 10.3 Å². The lowest BCUT2D eigenvalue weighted by Crippen LogP contribution is -2.42. The molecule has 0 unspecified atom stereocenters. The maximum absolute atomic E-state index is 12.3. The topological polar surface area (TPSA) is 75.4 Å². The molecule has 1 amide bonds. The molecule has 0 spiro atoms. The van der Waals surface area contributed by atoms with Crippen LogP contribution in [-0.4, -0.2) is 28.1 Å². The molecule has 2 heterocycles. The summed E-state index contributed by atoms with van der Waals surface area (Å²) in [6.07, 6.45) is 1.20. The Labute approximate surface area is 134 Å². The summed E-state index contributed by atoms with van der Waals surface area (Å²) in [5.74, 6) is 1.28. The number of nitrogens with one attached hydrogen (secondary N) is 1. The van der Waals surface area contributed by atoms with E-state index >= 15 is 0 Å². The number of aromatic nitrogens is 1. The van der Waals surface area contributed by atoms with Gasteiger partial charge in [-0.1, -0.05) is 13.8 Å². The Morgan fingerprint density at radius 2 is 2.05 bits per heavy atom. The first-order valence-corrected chi connectivity index (χ1v) is 8.25. The van der Waals surface area contributed by atoms with E-state index in [0.29, 0.717) is 34.2 Å². The maximum atomic E-state index is 12.3. The minimum Gasteiger partial charge on any atom is -0.459 e. The minimum atomic E-state index is -0.852. The Morgan fingerprint density at radius 3 is 2.59 bits per heavy atom. The van der Waals surface area contributed by atoms with Gasteiger partial charge in [0.05, 0.1) is 11.3 Å². The molecule has 2 rings (SSSR count). The van der Waals surface area contributed by atoms with Gasteiger partial charge in [-0.25, -0.2) is 4.98 Å². The van der Waals surface area contributed by atoms with Crippen molar-refractivity contribution in [3.63, 3.8) is 0 Å². The SMILES string of the molecule is CCC(O)(CC)CNC(=O)c1sc(-c2ccc(C)o2)nc1C. The van der Waals surface area contributed by atoms with Crippen LogP contribution in [0.15, 0.2) is 16.5 Å². The number of thiazole rings is 1. The lowest BCUT2D eigenvalue weighted by molar-refractivity contribution is 0.0314. The molecule has 0 saturated heterocycles. The van der Waals surface area contributed by atoms with Crippen molar-refractivity contribution in [1.82, 2.24) is 10.3 Å². The smallest absolute Gasteiger partial charge is 0.263 e. The van der Waals surface area contributed by atoms with Gasteiger partial charge in [-0.15, -0.1) is 11.3 Å². The van der Waals surface area contributed by atoms with Crippen molar-refractivity contribution in [3.8, 4) is 10.8 Å². The molecule has 0 saturated carbocycles. The highest BCUT2D eigenvalue weighted by Gasteiger charge is 2.24. The number of hydrogen-bond acceptors (Lipinski definition) is 5. The molecule has 0 aromatic carbocycles. The fourth-order valence-electron chi connectivity index (χ4n) is 2.09. The Morgan fingerprint density at radius 1 is 1.36 bits per heavy atom. The fourth-order valence-corrected chi connectivity index (χ4v) is 3.03. The standard InChI is InChI=1S/C16H22N2O3S/c1-5-16(20,6-2)9-17-14(19)13-11(4)18-15(22-13)12-8-7-10(3)21-12/h7-8,20H,5-6,9H2,1-4H3,(H,17,19). The van der Waals surface area contributed by atoms with Crippen molar-refractivity contribution in [2.24, 2.45) is 0 Å². The van der Waals surface area contributed by atoms with Gasteiger partial charge in [0, 0.05) is 6.54 Å². The van der Waals surface area contributed by atoms with E-state index in [1.807, 2.05) is 32.9 Å². The van der Waals surface area contributed by atoms with Crippen molar-refractivity contribution < 1.29 is 14.3 Å². The van der Waals surface area contributed by atoms with Crippen LogP contribution < -0.4 is 5.32 Å². The molecule has 2 N–H and O–H groups in total. The Hall–Kier alpha value is -1.66. The Balaban J connectivity index is 2.12. The van der Waals surface area contributed by atoms with Gasteiger partial charge >= 0.3 is 0 Å². The van der Waals surface area contributed by atoms with Crippen molar-refractivity contribution in [1.29, 1.82) is 0 Å². The highest BCUT2D eigenvalue weighted by atomic mass is 32.1. The van der Waals surface area contributed by atoms with Gasteiger partial charge in [-0.2, -0.15) is 0 Å². The van der Waals surface area contributed by atoms with Gasteiger partial charge in [0.25, 0.3) is 5.91 Å². The van der Waals surface area contributed by atoms with Gasteiger partial charge < -0.3 is 14.8 Å². The van der Waals surface area contributed by atoms with Crippen LogP contribution in [0, 0.1) is 13.8 Å². The predicted octanol–water partition coefficient (Wildman–Crippen LogP) is 3.30. The van der Waals surface area contributed by atoms with Crippen LogP contribution in [0.2, 0.25) is 0 Å². The molecule has 2 aromatic rings. The quantitative estimate of drug-likeness (QED) is 0.855. The monoisotopic (exact) mass is 322 g/mol. The summed E-state index contributed by atoms with van der Waals surface area (Å²) in [6.45, 7) is 7.73. The zero-order chi connectivity index (χ0) is 16.3. The third-order valence-electron chi connectivity index (χ3n) is 3.85. The number of aryl methyl sites for hydroxylation is 2. The molecule has 5 nitrogen and oxygen atoms in total. The molecule has 0 aliphatic carbocycles. The summed E-state index contributed by atoms with van der Waals surface area (Å²) in [5.41, 5.74) is -0.182. The molecule has 0 fully saturated rings. The van der Waals surface area contributed by atoms with Gasteiger partial charge in [0.1, 0.15) is 10.6 Å². The minimum absolute atomic E-state index is 0.204. The summed E-state index contributed by atoms with van der Waals surface area (Å²) in [4.78, 5) is 17.3. The number of carbonyl (C=O) groups is 1. The fraction of sp³-hybridized carbons (Fsp3) is 0.500. The number of amides is 1. The zero-order valence-corrected chi connectivity index (χ0v) is 14.2. The van der Waals surface area contributed by atoms with Crippen LogP contribution in [0.5, 0.6) is 0 Å². The second kappa shape index (κ2) is 6.62. The summed E-state index contributed by atoms with van der Waals surface area (Å²) in [7, 11) is 0. The van der Waals surface area contributed by atoms with E-state index in [-0.39, 0.29) is 12.5 Å². The maximum Gasteiger partial charge on any atom is 0.263 e. The molecule has 0 aliphatic heterocycles. The molecule has 0 bridgehead atoms. The summed E-state index contributed by atoms with van der Waals surface area (Å²) in [5, 5.41) is 13.7. The second-order valence-electron chi connectivity index (χ2n) is 5.46. The Bertz CT molecular complexity index is 656. The lowest BCUT2D eigenvalue weighted by Gasteiger charge is -2.25. The average molecular weight is 322 g/mol. The van der Waals surface area contributed by atoms with E-state index in [1.165, 1.54) is 11.3 Å². The van der Waals surface area contributed by atoms with Crippen LogP contribution in [0.1, 0.15) is 47.8 Å². The number of nitrogens with zero attached hydrogens (tertiary/aromatic N) is 1. The first-order chi connectivity index (χ1) is 10.4. The molecule has 2 aromatic heterocycles. The van der Waals surface area contributed by atoms with Crippen LogP contribution >= 0.6 is 11.3 Å². The summed E-state index contributed by atoms with van der Waals surface area (Å²) < 4.78 is 5.54. The second-order valence-corrected chi connectivity index (χ2v) is 6.46. The molecule has 0 atom stereocenters. The predicted molar refractivity (Wildman–Crippen MR) is 87.2 cm³/mol. The van der Waals surface area contributed by atoms with E-state index in [1.54, 1.807) is 6.92 Å². The highest BCUT2D eigenvalue weighted by molar-refractivity contribution is 7.17. The first kappa shape index (κ1) is 16.7. The molecule has 6 heteroatoms. The molecule has 22 heavy (non-hydrogen) atoms. The van der Waals surface area contributed by atoms with Gasteiger partial charge in [-0.05, 0) is 38.8 Å². The highest BCUT2D eigenvalue weighted by Crippen LogP contribution is 2.29. The molecule has 120 valence electrons. The van der Waals surface area contributed by atoms with Crippen LogP contribution in [0.4, 0.5) is 0 Å². The van der Waals surface area contributed by atoms with Gasteiger partial charge in [0.15, 0.2) is 10.8 Å². The van der Waals surface area contributed by atoms with E-state index in [9.17, 15) is 9.90 Å². The third-order valence-corrected chi connectivity index (χ3v) is 5.02. The molecule has 0 radical (unpaired) electrons. The normalized spacial score (nSPS) is 11.7. The van der Waals surface area contributed by atoms with Crippen LogP contribution in [0.3, 0.4) is 0 Å². The summed E-state index contributed by atoms with van der Waals surface area (Å²) in [6, 6.07) is 3.72. The largest absolute Gasteiger partial charge is 0.459 e. The number of aliphatic hydroxyl groups is 1.